The van der Waals surface area contributed by atoms with Crippen molar-refractivity contribution in [1.29, 1.82) is 5.26 Å². The maximum absolute atomic E-state index is 12.7. The van der Waals surface area contributed by atoms with Crippen LogP contribution in [-0.2, 0) is 4.74 Å². The first-order valence-corrected chi connectivity index (χ1v) is 4.29. The van der Waals surface area contributed by atoms with Gasteiger partial charge < -0.3 is 4.74 Å². The minimum atomic E-state index is -2.84. The van der Waals surface area contributed by atoms with Crippen LogP contribution in [0.3, 0.4) is 0 Å². The van der Waals surface area contributed by atoms with Crippen LogP contribution in [0.25, 0.3) is 0 Å². The number of aromatic nitrogens is 1. The fraction of sp³-hybridized carbons (Fsp3) is 0.300. The van der Waals surface area contributed by atoms with Crippen molar-refractivity contribution in [3.8, 4) is 6.07 Å². The maximum atomic E-state index is 12.7. The molecule has 0 spiro atoms. The van der Waals surface area contributed by atoms with E-state index in [9.17, 15) is 13.6 Å². The molecule has 1 aromatic rings. The number of rotatable bonds is 2. The molecule has 0 aromatic carbocycles. The van der Waals surface area contributed by atoms with E-state index in [0.717, 1.165) is 13.2 Å². The van der Waals surface area contributed by atoms with Crippen LogP contribution in [0.15, 0.2) is 6.07 Å². The summed E-state index contributed by atoms with van der Waals surface area (Å²) < 4.78 is 29.8. The van der Waals surface area contributed by atoms with Crippen LogP contribution >= 0.6 is 0 Å². The number of nitrogens with zero attached hydrogens (tertiary/aromatic N) is 2. The minimum absolute atomic E-state index is 0.0468. The number of carbonyl (C=O) groups is 1. The van der Waals surface area contributed by atoms with Gasteiger partial charge in [0.05, 0.1) is 18.2 Å². The highest BCUT2D eigenvalue weighted by Gasteiger charge is 2.23. The normalized spacial score (nSPS) is 10.0. The van der Waals surface area contributed by atoms with Crippen molar-refractivity contribution in [3.63, 3.8) is 0 Å². The molecule has 16 heavy (non-hydrogen) atoms. The summed E-state index contributed by atoms with van der Waals surface area (Å²) in [6, 6.07) is 2.69. The standard InChI is InChI=1S/C10H8F2N2O2/c1-5-8(9(11)12)7(10(15)16-2)3-6(4-13)14-5/h3,9H,1-2H3. The summed E-state index contributed by atoms with van der Waals surface area (Å²) >= 11 is 0. The van der Waals surface area contributed by atoms with Crippen LogP contribution < -0.4 is 0 Å². The molecule has 84 valence electrons. The number of aryl methyl sites for hydroxylation is 1. The molecular weight excluding hydrogens is 218 g/mol. The number of methoxy groups -OCH3 is 1. The van der Waals surface area contributed by atoms with Gasteiger partial charge in [0, 0.05) is 5.69 Å². The Balaban J connectivity index is 3.48. The lowest BCUT2D eigenvalue weighted by Gasteiger charge is -2.09. The van der Waals surface area contributed by atoms with E-state index in [1.165, 1.54) is 6.92 Å². The summed E-state index contributed by atoms with van der Waals surface area (Å²) in [4.78, 5) is 14.9. The molecule has 0 aliphatic heterocycles. The van der Waals surface area contributed by atoms with Crippen LogP contribution in [0.4, 0.5) is 8.78 Å². The van der Waals surface area contributed by atoms with Gasteiger partial charge in [-0.25, -0.2) is 18.6 Å². The van der Waals surface area contributed by atoms with E-state index in [0.29, 0.717) is 0 Å². The second-order valence-electron chi connectivity index (χ2n) is 2.96. The largest absolute Gasteiger partial charge is 0.465 e. The fourth-order valence-corrected chi connectivity index (χ4v) is 1.29. The maximum Gasteiger partial charge on any atom is 0.338 e. The van der Waals surface area contributed by atoms with Crippen LogP contribution in [0.1, 0.15) is 33.7 Å². The Labute approximate surface area is 90.5 Å². The molecule has 0 fully saturated rings. The van der Waals surface area contributed by atoms with Gasteiger partial charge in [0.2, 0.25) is 0 Å². The summed E-state index contributed by atoms with van der Waals surface area (Å²) in [6.07, 6.45) is -2.84. The van der Waals surface area contributed by atoms with E-state index >= 15 is 0 Å². The highest BCUT2D eigenvalue weighted by Crippen LogP contribution is 2.26. The van der Waals surface area contributed by atoms with Gasteiger partial charge in [-0.05, 0) is 13.0 Å². The van der Waals surface area contributed by atoms with Gasteiger partial charge in [-0.1, -0.05) is 0 Å². The van der Waals surface area contributed by atoms with Gasteiger partial charge in [0.25, 0.3) is 6.43 Å². The summed E-state index contributed by atoms with van der Waals surface area (Å²) in [5, 5.41) is 8.62. The van der Waals surface area contributed by atoms with Crippen molar-refractivity contribution in [2.24, 2.45) is 0 Å². The number of alkyl halides is 2. The molecule has 0 amide bonds. The van der Waals surface area contributed by atoms with E-state index in [4.69, 9.17) is 5.26 Å². The predicted octanol–water partition coefficient (Wildman–Crippen LogP) is 1.99. The van der Waals surface area contributed by atoms with Gasteiger partial charge in [-0.15, -0.1) is 0 Å². The highest BCUT2D eigenvalue weighted by atomic mass is 19.3. The lowest BCUT2D eigenvalue weighted by atomic mass is 10.1. The van der Waals surface area contributed by atoms with Crippen molar-refractivity contribution in [3.05, 3.63) is 28.6 Å². The fourth-order valence-electron chi connectivity index (χ4n) is 1.29. The van der Waals surface area contributed by atoms with E-state index in [-0.39, 0.29) is 17.0 Å². The molecule has 0 radical (unpaired) electrons. The third-order valence-electron chi connectivity index (χ3n) is 1.99. The number of ether oxygens (including phenoxy) is 1. The number of hydrogen-bond donors (Lipinski definition) is 0. The lowest BCUT2D eigenvalue weighted by Crippen LogP contribution is -2.10. The number of esters is 1. The third kappa shape index (κ3) is 2.14. The summed E-state index contributed by atoms with van der Waals surface area (Å²) in [6.45, 7) is 1.31. The van der Waals surface area contributed by atoms with E-state index in [1.807, 2.05) is 0 Å². The number of halogens is 2. The monoisotopic (exact) mass is 226 g/mol. The molecule has 0 N–H and O–H groups in total. The van der Waals surface area contributed by atoms with Crippen molar-refractivity contribution in [2.45, 2.75) is 13.3 Å². The van der Waals surface area contributed by atoms with Crippen molar-refractivity contribution in [2.75, 3.05) is 7.11 Å². The quantitative estimate of drug-likeness (QED) is 0.723. The Hall–Kier alpha value is -2.03. The number of pyridine rings is 1. The zero-order valence-electron chi connectivity index (χ0n) is 8.62. The predicted molar refractivity (Wildman–Crippen MR) is 50.0 cm³/mol. The Morgan fingerprint density at radius 1 is 1.62 bits per heavy atom. The second-order valence-corrected chi connectivity index (χ2v) is 2.96. The van der Waals surface area contributed by atoms with E-state index in [2.05, 4.69) is 9.72 Å². The average Bonchev–Trinajstić information content (AvgIpc) is 2.26. The van der Waals surface area contributed by atoms with Crippen molar-refractivity contribution >= 4 is 5.97 Å². The highest BCUT2D eigenvalue weighted by molar-refractivity contribution is 5.91. The molecule has 4 nitrogen and oxygen atoms in total. The summed E-state index contributed by atoms with van der Waals surface area (Å²) in [5.41, 5.74) is -0.954. The number of nitriles is 1. The molecule has 0 aliphatic carbocycles. The van der Waals surface area contributed by atoms with Gasteiger partial charge in [0.1, 0.15) is 11.8 Å². The molecule has 0 unspecified atom stereocenters. The summed E-state index contributed by atoms with van der Waals surface area (Å²) in [5.74, 6) is -0.905. The SMILES string of the molecule is COC(=O)c1cc(C#N)nc(C)c1C(F)F. The van der Waals surface area contributed by atoms with Gasteiger partial charge >= 0.3 is 5.97 Å². The molecule has 6 heteroatoms. The minimum Gasteiger partial charge on any atom is -0.465 e. The molecule has 1 aromatic heterocycles. The van der Waals surface area contributed by atoms with Crippen LogP contribution in [-0.4, -0.2) is 18.1 Å². The first-order valence-electron chi connectivity index (χ1n) is 4.29. The Kier molecular flexibility index (Phi) is 3.51. The third-order valence-corrected chi connectivity index (χ3v) is 1.99. The Bertz CT molecular complexity index is 467. The summed E-state index contributed by atoms with van der Waals surface area (Å²) in [7, 11) is 1.08. The van der Waals surface area contributed by atoms with Crippen LogP contribution in [0.5, 0.6) is 0 Å². The topological polar surface area (TPSA) is 63.0 Å². The van der Waals surface area contributed by atoms with Crippen molar-refractivity contribution < 1.29 is 18.3 Å². The average molecular weight is 226 g/mol. The number of carbonyl (C=O) groups excluding carboxylic acids is 1. The molecule has 0 atom stereocenters. The first kappa shape index (κ1) is 12.0. The van der Waals surface area contributed by atoms with Gasteiger partial charge in [0.15, 0.2) is 0 Å². The first-order chi connectivity index (χ1) is 7.51. The Morgan fingerprint density at radius 3 is 2.69 bits per heavy atom. The van der Waals surface area contributed by atoms with E-state index < -0.39 is 18.0 Å². The molecule has 1 rings (SSSR count). The lowest BCUT2D eigenvalue weighted by molar-refractivity contribution is 0.0588. The zero-order chi connectivity index (χ0) is 12.3. The van der Waals surface area contributed by atoms with Gasteiger partial charge in [-0.2, -0.15) is 5.26 Å². The molecule has 0 saturated carbocycles. The molecule has 0 bridgehead atoms. The molecule has 0 saturated heterocycles. The van der Waals surface area contributed by atoms with Crippen molar-refractivity contribution in [1.82, 2.24) is 4.98 Å². The van der Waals surface area contributed by atoms with E-state index in [1.54, 1.807) is 6.07 Å². The molecule has 0 aliphatic rings. The Morgan fingerprint density at radius 2 is 2.25 bits per heavy atom. The molecule has 1 heterocycles. The second kappa shape index (κ2) is 4.66. The van der Waals surface area contributed by atoms with Gasteiger partial charge in [-0.3, -0.25) is 0 Å². The van der Waals surface area contributed by atoms with Crippen LogP contribution in [0.2, 0.25) is 0 Å². The molecular formula is C10H8F2N2O2. The smallest absolute Gasteiger partial charge is 0.338 e. The zero-order valence-corrected chi connectivity index (χ0v) is 8.62. The van der Waals surface area contributed by atoms with Crippen LogP contribution in [0, 0.1) is 18.3 Å². The number of hydrogen-bond acceptors (Lipinski definition) is 4.